The monoisotopic (exact) mass is 284 g/mol. The van der Waals surface area contributed by atoms with E-state index in [2.05, 4.69) is 55.3 Å². The van der Waals surface area contributed by atoms with Crippen molar-refractivity contribution in [2.75, 3.05) is 12.4 Å². The lowest BCUT2D eigenvalue weighted by atomic mass is 9.87. The molecule has 0 radical (unpaired) electrons. The molecule has 0 aliphatic heterocycles. The van der Waals surface area contributed by atoms with E-state index in [0.29, 0.717) is 6.54 Å². The first-order chi connectivity index (χ1) is 9.88. The van der Waals surface area contributed by atoms with Gasteiger partial charge in [0.25, 0.3) is 0 Å². The summed E-state index contributed by atoms with van der Waals surface area (Å²) >= 11 is 0. The third-order valence-corrected chi connectivity index (χ3v) is 3.44. The molecule has 3 heteroatoms. The Morgan fingerprint density at radius 1 is 1.10 bits per heavy atom. The third kappa shape index (κ3) is 4.22. The molecule has 2 rings (SSSR count). The number of ether oxygens (including phenoxy) is 1. The van der Waals surface area contributed by atoms with Crippen LogP contribution in [0.15, 0.2) is 36.4 Å². The normalized spacial score (nSPS) is 11.3. The van der Waals surface area contributed by atoms with Crippen LogP contribution in [0.4, 0.5) is 5.69 Å². The minimum Gasteiger partial charge on any atom is -0.497 e. The average molecular weight is 284 g/mol. The predicted octanol–water partition coefficient (Wildman–Crippen LogP) is 4.31. The molecule has 1 N–H and O–H groups in total. The van der Waals surface area contributed by atoms with E-state index in [1.54, 1.807) is 7.11 Å². The summed E-state index contributed by atoms with van der Waals surface area (Å²) < 4.78 is 5.27. The van der Waals surface area contributed by atoms with Gasteiger partial charge in [0.15, 0.2) is 0 Å². The van der Waals surface area contributed by atoms with E-state index >= 15 is 0 Å². The number of hydrogen-bond acceptors (Lipinski definition) is 3. The molecular formula is C18H24N2O. The SMILES string of the molecule is COc1cc(C)nc(CNc2ccc(C(C)(C)C)cc2)c1. The van der Waals surface area contributed by atoms with Crippen molar-refractivity contribution in [3.8, 4) is 5.75 Å². The van der Waals surface area contributed by atoms with Crippen LogP contribution in [0.2, 0.25) is 0 Å². The number of nitrogens with zero attached hydrogens (tertiary/aromatic N) is 1. The largest absolute Gasteiger partial charge is 0.497 e. The summed E-state index contributed by atoms with van der Waals surface area (Å²) in [5, 5.41) is 3.40. The first kappa shape index (κ1) is 15.4. The van der Waals surface area contributed by atoms with Gasteiger partial charge in [-0.15, -0.1) is 0 Å². The molecule has 1 heterocycles. The number of pyridine rings is 1. The van der Waals surface area contributed by atoms with Gasteiger partial charge in [0.1, 0.15) is 5.75 Å². The molecular weight excluding hydrogens is 260 g/mol. The van der Waals surface area contributed by atoms with Crippen LogP contribution < -0.4 is 10.1 Å². The van der Waals surface area contributed by atoms with Crippen LogP contribution in [0.25, 0.3) is 0 Å². The molecule has 0 spiro atoms. The number of nitrogens with one attached hydrogen (secondary N) is 1. The van der Waals surface area contributed by atoms with E-state index < -0.39 is 0 Å². The van der Waals surface area contributed by atoms with E-state index in [9.17, 15) is 0 Å². The summed E-state index contributed by atoms with van der Waals surface area (Å²) in [5.41, 5.74) is 4.57. The summed E-state index contributed by atoms with van der Waals surface area (Å²) in [6.45, 7) is 9.33. The van der Waals surface area contributed by atoms with Gasteiger partial charge in [-0.3, -0.25) is 4.98 Å². The van der Waals surface area contributed by atoms with Crippen molar-refractivity contribution in [3.63, 3.8) is 0 Å². The van der Waals surface area contributed by atoms with Gasteiger partial charge < -0.3 is 10.1 Å². The predicted molar refractivity (Wildman–Crippen MR) is 88.0 cm³/mol. The number of benzene rings is 1. The second-order valence-corrected chi connectivity index (χ2v) is 6.32. The molecule has 3 nitrogen and oxygen atoms in total. The molecule has 0 aliphatic carbocycles. The Balaban J connectivity index is 2.05. The van der Waals surface area contributed by atoms with Crippen LogP contribution in [-0.2, 0) is 12.0 Å². The summed E-state index contributed by atoms with van der Waals surface area (Å²) in [6, 6.07) is 12.5. The molecule has 0 amide bonds. The lowest BCUT2D eigenvalue weighted by molar-refractivity contribution is 0.413. The molecule has 0 bridgehead atoms. The maximum Gasteiger partial charge on any atom is 0.122 e. The Morgan fingerprint density at radius 3 is 2.33 bits per heavy atom. The van der Waals surface area contributed by atoms with Crippen molar-refractivity contribution in [3.05, 3.63) is 53.3 Å². The quantitative estimate of drug-likeness (QED) is 0.908. The molecule has 21 heavy (non-hydrogen) atoms. The van der Waals surface area contributed by atoms with Crippen molar-refractivity contribution in [2.45, 2.75) is 39.7 Å². The van der Waals surface area contributed by atoms with Crippen LogP contribution in [0.3, 0.4) is 0 Å². The number of aromatic nitrogens is 1. The fraction of sp³-hybridized carbons (Fsp3) is 0.389. The smallest absolute Gasteiger partial charge is 0.122 e. The molecule has 0 unspecified atom stereocenters. The van der Waals surface area contributed by atoms with Gasteiger partial charge in [-0.1, -0.05) is 32.9 Å². The highest BCUT2D eigenvalue weighted by molar-refractivity contribution is 5.46. The molecule has 0 saturated carbocycles. The second-order valence-electron chi connectivity index (χ2n) is 6.32. The van der Waals surface area contributed by atoms with Crippen LogP contribution in [-0.4, -0.2) is 12.1 Å². The Kier molecular flexibility index (Phi) is 4.51. The second kappa shape index (κ2) is 6.17. The maximum atomic E-state index is 5.27. The zero-order chi connectivity index (χ0) is 15.5. The van der Waals surface area contributed by atoms with Crippen molar-refractivity contribution in [1.82, 2.24) is 4.98 Å². The van der Waals surface area contributed by atoms with Crippen molar-refractivity contribution >= 4 is 5.69 Å². The number of methoxy groups -OCH3 is 1. The third-order valence-electron chi connectivity index (χ3n) is 3.44. The van der Waals surface area contributed by atoms with Crippen LogP contribution in [0.5, 0.6) is 5.75 Å². The van der Waals surface area contributed by atoms with E-state index in [1.807, 2.05) is 19.1 Å². The number of rotatable bonds is 4. The molecule has 0 atom stereocenters. The summed E-state index contributed by atoms with van der Waals surface area (Å²) in [5.74, 6) is 0.849. The summed E-state index contributed by atoms with van der Waals surface area (Å²) in [7, 11) is 1.68. The number of hydrogen-bond donors (Lipinski definition) is 1. The Morgan fingerprint density at radius 2 is 1.76 bits per heavy atom. The summed E-state index contributed by atoms with van der Waals surface area (Å²) in [4.78, 5) is 4.51. The first-order valence-corrected chi connectivity index (χ1v) is 7.24. The zero-order valence-electron chi connectivity index (χ0n) is 13.5. The van der Waals surface area contributed by atoms with E-state index in [-0.39, 0.29) is 5.41 Å². The first-order valence-electron chi connectivity index (χ1n) is 7.24. The van der Waals surface area contributed by atoms with Gasteiger partial charge >= 0.3 is 0 Å². The fourth-order valence-electron chi connectivity index (χ4n) is 2.19. The maximum absolute atomic E-state index is 5.27. The Hall–Kier alpha value is -2.03. The molecule has 2 aromatic rings. The topological polar surface area (TPSA) is 34.1 Å². The van der Waals surface area contributed by atoms with Crippen LogP contribution in [0.1, 0.15) is 37.7 Å². The van der Waals surface area contributed by atoms with Crippen LogP contribution in [0, 0.1) is 6.92 Å². The molecule has 0 saturated heterocycles. The highest BCUT2D eigenvalue weighted by atomic mass is 16.5. The highest BCUT2D eigenvalue weighted by Gasteiger charge is 2.12. The lowest BCUT2D eigenvalue weighted by Crippen LogP contribution is -2.11. The average Bonchev–Trinajstić information content (AvgIpc) is 2.44. The standard InChI is InChI=1S/C18H24N2O/c1-13-10-17(21-5)11-16(20-13)12-19-15-8-6-14(7-9-15)18(2,3)4/h6-11,19H,12H2,1-5H3. The van der Waals surface area contributed by atoms with Gasteiger partial charge in [-0.05, 0) is 30.0 Å². The van der Waals surface area contributed by atoms with Gasteiger partial charge in [0.05, 0.1) is 19.3 Å². The number of anilines is 1. The van der Waals surface area contributed by atoms with E-state index in [0.717, 1.165) is 22.8 Å². The summed E-state index contributed by atoms with van der Waals surface area (Å²) in [6.07, 6.45) is 0. The van der Waals surface area contributed by atoms with Gasteiger partial charge in [-0.25, -0.2) is 0 Å². The zero-order valence-corrected chi connectivity index (χ0v) is 13.5. The molecule has 1 aromatic heterocycles. The van der Waals surface area contributed by atoms with Crippen molar-refractivity contribution < 1.29 is 4.74 Å². The molecule has 0 fully saturated rings. The minimum absolute atomic E-state index is 0.185. The Bertz CT molecular complexity index is 598. The Labute approximate surface area is 127 Å². The van der Waals surface area contributed by atoms with Gasteiger partial charge in [-0.2, -0.15) is 0 Å². The van der Waals surface area contributed by atoms with E-state index in [1.165, 1.54) is 5.56 Å². The van der Waals surface area contributed by atoms with E-state index in [4.69, 9.17) is 4.74 Å². The van der Waals surface area contributed by atoms with Crippen LogP contribution >= 0.6 is 0 Å². The molecule has 1 aromatic carbocycles. The fourth-order valence-corrected chi connectivity index (χ4v) is 2.19. The lowest BCUT2D eigenvalue weighted by Gasteiger charge is -2.19. The number of aryl methyl sites for hydroxylation is 1. The van der Waals surface area contributed by atoms with Crippen molar-refractivity contribution in [1.29, 1.82) is 0 Å². The minimum atomic E-state index is 0.185. The molecule has 112 valence electrons. The van der Waals surface area contributed by atoms with Gasteiger partial charge in [0, 0.05) is 23.5 Å². The molecule has 0 aliphatic rings. The highest BCUT2D eigenvalue weighted by Crippen LogP contribution is 2.23. The van der Waals surface area contributed by atoms with Gasteiger partial charge in [0.2, 0.25) is 0 Å². The van der Waals surface area contributed by atoms with Crippen molar-refractivity contribution in [2.24, 2.45) is 0 Å².